The number of nitrogens with two attached hydrogens (primary N) is 1. The maximum absolute atomic E-state index is 12.9. The molecule has 0 spiro atoms. The minimum atomic E-state index is -0.458. The monoisotopic (exact) mass is 205 g/mol. The van der Waals surface area contributed by atoms with Gasteiger partial charge in [-0.1, -0.05) is 11.8 Å². The van der Waals surface area contributed by atoms with Crippen LogP contribution < -0.4 is 5.73 Å². The van der Waals surface area contributed by atoms with Gasteiger partial charge in [0, 0.05) is 5.56 Å². The molecule has 0 bridgehead atoms. The van der Waals surface area contributed by atoms with Crippen molar-refractivity contribution < 1.29 is 9.18 Å². The van der Waals surface area contributed by atoms with Crippen molar-refractivity contribution in [2.75, 3.05) is 0 Å². The van der Waals surface area contributed by atoms with Crippen LogP contribution >= 0.6 is 0 Å². The first kappa shape index (κ1) is 11.3. The first-order chi connectivity index (χ1) is 7.00. The minimum absolute atomic E-state index is 0.0241. The summed E-state index contributed by atoms with van der Waals surface area (Å²) in [7, 11) is 0. The predicted octanol–water partition coefficient (Wildman–Crippen LogP) is 1.67. The van der Waals surface area contributed by atoms with Crippen LogP contribution in [0.5, 0.6) is 0 Å². The first-order valence-electron chi connectivity index (χ1n) is 4.54. The Labute approximate surface area is 88.3 Å². The van der Waals surface area contributed by atoms with Crippen LogP contribution in [0.4, 0.5) is 4.39 Å². The lowest BCUT2D eigenvalue weighted by Gasteiger charge is -2.02. The zero-order valence-electron chi connectivity index (χ0n) is 8.73. The molecular weight excluding hydrogens is 193 g/mol. The van der Waals surface area contributed by atoms with Crippen molar-refractivity contribution >= 4 is 5.91 Å². The number of amides is 1. The summed E-state index contributed by atoms with van der Waals surface area (Å²) in [5.74, 6) is 4.75. The van der Waals surface area contributed by atoms with Gasteiger partial charge < -0.3 is 5.73 Å². The molecule has 0 atom stereocenters. The van der Waals surface area contributed by atoms with Gasteiger partial charge in [0.15, 0.2) is 0 Å². The Morgan fingerprint density at radius 2 is 1.93 bits per heavy atom. The summed E-state index contributed by atoms with van der Waals surface area (Å²) in [5.41, 5.74) is 7.25. The van der Waals surface area contributed by atoms with E-state index in [4.69, 9.17) is 5.73 Å². The van der Waals surface area contributed by atoms with Crippen LogP contribution in [0.3, 0.4) is 0 Å². The highest BCUT2D eigenvalue weighted by molar-refractivity contribution is 5.76. The van der Waals surface area contributed by atoms with E-state index >= 15 is 0 Å². The zero-order chi connectivity index (χ0) is 11.4. The fourth-order valence-electron chi connectivity index (χ4n) is 1.33. The first-order valence-corrected chi connectivity index (χ1v) is 4.54. The summed E-state index contributed by atoms with van der Waals surface area (Å²) < 4.78 is 12.9. The highest BCUT2D eigenvalue weighted by atomic mass is 19.1. The number of benzene rings is 1. The second-order valence-electron chi connectivity index (χ2n) is 3.36. The highest BCUT2D eigenvalue weighted by Crippen LogP contribution is 2.14. The molecule has 0 aliphatic heterocycles. The van der Waals surface area contributed by atoms with Gasteiger partial charge in [-0.3, -0.25) is 4.79 Å². The zero-order valence-corrected chi connectivity index (χ0v) is 8.73. The highest BCUT2D eigenvalue weighted by Gasteiger charge is 2.02. The molecule has 2 nitrogen and oxygen atoms in total. The smallest absolute Gasteiger partial charge is 0.229 e. The molecule has 78 valence electrons. The molecule has 0 saturated carbocycles. The average Bonchev–Trinajstić information content (AvgIpc) is 2.08. The number of carbonyl (C=O) groups excluding carboxylic acids is 1. The van der Waals surface area contributed by atoms with Crippen molar-refractivity contribution in [3.05, 3.63) is 34.6 Å². The quantitative estimate of drug-likeness (QED) is 0.696. The van der Waals surface area contributed by atoms with Gasteiger partial charge in [0.25, 0.3) is 0 Å². The topological polar surface area (TPSA) is 43.1 Å². The van der Waals surface area contributed by atoms with E-state index < -0.39 is 5.91 Å². The Morgan fingerprint density at radius 1 is 1.40 bits per heavy atom. The van der Waals surface area contributed by atoms with Gasteiger partial charge in [-0.15, -0.1) is 0 Å². The van der Waals surface area contributed by atoms with Crippen LogP contribution in [0.2, 0.25) is 0 Å². The van der Waals surface area contributed by atoms with E-state index in [2.05, 4.69) is 11.8 Å². The van der Waals surface area contributed by atoms with E-state index in [1.54, 1.807) is 13.8 Å². The summed E-state index contributed by atoms with van der Waals surface area (Å²) in [6.45, 7) is 3.56. The maximum atomic E-state index is 12.9. The molecule has 1 amide bonds. The number of carbonyl (C=O) groups is 1. The number of rotatable bonds is 1. The van der Waals surface area contributed by atoms with Gasteiger partial charge in [0.2, 0.25) is 5.91 Å². The standard InChI is InChI=1S/C12H12FNO/c1-8-6-10(13)7-9(2)11(8)4-3-5-12(14)15/h6-7H,5H2,1-2H3,(H2,14,15). The molecule has 0 heterocycles. The van der Waals surface area contributed by atoms with Crippen LogP contribution in [0.1, 0.15) is 23.1 Å². The van der Waals surface area contributed by atoms with E-state index in [1.165, 1.54) is 12.1 Å². The van der Waals surface area contributed by atoms with Crippen molar-refractivity contribution in [1.29, 1.82) is 0 Å². The second-order valence-corrected chi connectivity index (χ2v) is 3.36. The van der Waals surface area contributed by atoms with Crippen molar-refractivity contribution in [2.45, 2.75) is 20.3 Å². The van der Waals surface area contributed by atoms with Crippen LogP contribution in [0.15, 0.2) is 12.1 Å². The lowest BCUT2D eigenvalue weighted by atomic mass is 10.0. The van der Waals surface area contributed by atoms with Gasteiger partial charge in [0.05, 0.1) is 6.42 Å². The molecule has 15 heavy (non-hydrogen) atoms. The largest absolute Gasteiger partial charge is 0.369 e. The van der Waals surface area contributed by atoms with Crippen LogP contribution in [0, 0.1) is 31.5 Å². The van der Waals surface area contributed by atoms with E-state index in [9.17, 15) is 9.18 Å². The molecule has 3 heteroatoms. The number of aryl methyl sites for hydroxylation is 2. The van der Waals surface area contributed by atoms with Gasteiger partial charge in [-0.05, 0) is 37.1 Å². The molecular formula is C12H12FNO. The molecule has 1 aromatic carbocycles. The SMILES string of the molecule is Cc1cc(F)cc(C)c1C#CCC(N)=O. The molecule has 0 aliphatic rings. The van der Waals surface area contributed by atoms with Gasteiger partial charge in [-0.25, -0.2) is 4.39 Å². The fraction of sp³-hybridized carbons (Fsp3) is 0.250. The molecule has 0 aliphatic carbocycles. The van der Waals surface area contributed by atoms with Crippen molar-refractivity contribution in [1.82, 2.24) is 0 Å². The fourth-order valence-corrected chi connectivity index (χ4v) is 1.33. The van der Waals surface area contributed by atoms with Crippen molar-refractivity contribution in [2.24, 2.45) is 5.73 Å². The molecule has 1 rings (SSSR count). The van der Waals surface area contributed by atoms with Crippen molar-refractivity contribution in [3.8, 4) is 11.8 Å². The summed E-state index contributed by atoms with van der Waals surface area (Å²) in [6, 6.07) is 2.84. The Balaban J connectivity index is 3.03. The molecule has 1 aromatic rings. The summed E-state index contributed by atoms with van der Waals surface area (Å²) in [6.07, 6.45) is 0.0241. The maximum Gasteiger partial charge on any atom is 0.229 e. The van der Waals surface area contributed by atoms with E-state index in [0.717, 1.165) is 16.7 Å². The lowest BCUT2D eigenvalue weighted by Crippen LogP contribution is -2.08. The normalized spacial score (nSPS) is 9.27. The molecule has 0 aromatic heterocycles. The number of primary amides is 1. The second kappa shape index (κ2) is 4.61. The van der Waals surface area contributed by atoms with Gasteiger partial charge >= 0.3 is 0 Å². The summed E-state index contributed by atoms with van der Waals surface area (Å²) in [5, 5.41) is 0. The lowest BCUT2D eigenvalue weighted by molar-refractivity contribution is -0.117. The minimum Gasteiger partial charge on any atom is -0.369 e. The third-order valence-corrected chi connectivity index (χ3v) is 1.97. The van der Waals surface area contributed by atoms with E-state index in [0.29, 0.717) is 0 Å². The Hall–Kier alpha value is -1.82. The average molecular weight is 205 g/mol. The Morgan fingerprint density at radius 3 is 2.40 bits per heavy atom. The molecule has 0 fully saturated rings. The molecule has 0 unspecified atom stereocenters. The summed E-state index contributed by atoms with van der Waals surface area (Å²) in [4.78, 5) is 10.5. The third kappa shape index (κ3) is 3.10. The van der Waals surface area contributed by atoms with E-state index in [-0.39, 0.29) is 12.2 Å². The molecule has 0 saturated heterocycles. The predicted molar refractivity (Wildman–Crippen MR) is 56.6 cm³/mol. The number of halogens is 1. The molecule has 2 N–H and O–H groups in total. The Kier molecular flexibility index (Phi) is 3.46. The Bertz CT molecular complexity index is 431. The van der Waals surface area contributed by atoms with Crippen LogP contribution in [-0.4, -0.2) is 5.91 Å². The van der Waals surface area contributed by atoms with Gasteiger partial charge in [-0.2, -0.15) is 0 Å². The van der Waals surface area contributed by atoms with Crippen LogP contribution in [0.25, 0.3) is 0 Å². The summed E-state index contributed by atoms with van der Waals surface area (Å²) >= 11 is 0. The molecule has 0 radical (unpaired) electrons. The third-order valence-electron chi connectivity index (χ3n) is 1.97. The van der Waals surface area contributed by atoms with Gasteiger partial charge in [0.1, 0.15) is 5.82 Å². The number of hydrogen-bond acceptors (Lipinski definition) is 1. The number of hydrogen-bond donors (Lipinski definition) is 1. The van der Waals surface area contributed by atoms with Crippen molar-refractivity contribution in [3.63, 3.8) is 0 Å². The van der Waals surface area contributed by atoms with E-state index in [1.807, 2.05) is 0 Å². The van der Waals surface area contributed by atoms with Crippen LogP contribution in [-0.2, 0) is 4.79 Å².